The summed E-state index contributed by atoms with van der Waals surface area (Å²) < 4.78 is 5.34. The van der Waals surface area contributed by atoms with Crippen LogP contribution >= 0.6 is 11.6 Å². The van der Waals surface area contributed by atoms with Gasteiger partial charge in [0.1, 0.15) is 17.5 Å². The van der Waals surface area contributed by atoms with Crippen molar-refractivity contribution in [2.75, 3.05) is 7.11 Å². The quantitative estimate of drug-likeness (QED) is 0.781. The van der Waals surface area contributed by atoms with Crippen molar-refractivity contribution < 1.29 is 14.3 Å². The summed E-state index contributed by atoms with van der Waals surface area (Å²) in [5.74, 6) is -0.433. The van der Waals surface area contributed by atoms with Crippen molar-refractivity contribution >= 4 is 23.2 Å². The second-order valence-corrected chi connectivity index (χ2v) is 6.42. The highest BCUT2D eigenvalue weighted by Crippen LogP contribution is 2.44. The Morgan fingerprint density at radius 2 is 1.95 bits per heavy atom. The number of methoxy groups -OCH3 is 1. The molecule has 0 N–H and O–H groups in total. The van der Waals surface area contributed by atoms with E-state index in [1.807, 2.05) is 26.8 Å². The van der Waals surface area contributed by atoms with Crippen LogP contribution in [0.3, 0.4) is 0 Å². The van der Waals surface area contributed by atoms with Gasteiger partial charge in [-0.1, -0.05) is 25.4 Å². The Bertz CT molecular complexity index is 575. The smallest absolute Gasteiger partial charge is 0.153 e. The van der Waals surface area contributed by atoms with E-state index in [1.54, 1.807) is 6.07 Å². The van der Waals surface area contributed by atoms with Crippen LogP contribution in [0.15, 0.2) is 12.1 Å². The Morgan fingerprint density at radius 1 is 1.30 bits per heavy atom. The normalized spacial score (nSPS) is 21.9. The van der Waals surface area contributed by atoms with E-state index in [0.29, 0.717) is 29.2 Å². The third-order valence-electron chi connectivity index (χ3n) is 3.99. The zero-order chi connectivity index (χ0) is 15.1. The van der Waals surface area contributed by atoms with Crippen LogP contribution in [0.1, 0.15) is 43.7 Å². The minimum Gasteiger partial charge on any atom is -0.496 e. The SMILES string of the molecule is COc1cc(C)cc(Cl)c1C1C(=O)CCC(C)(C)C1=O. The van der Waals surface area contributed by atoms with Crippen molar-refractivity contribution in [3.05, 3.63) is 28.3 Å². The molecule has 1 aromatic rings. The molecule has 2 rings (SSSR count). The van der Waals surface area contributed by atoms with Gasteiger partial charge >= 0.3 is 0 Å². The van der Waals surface area contributed by atoms with Gasteiger partial charge in [-0.05, 0) is 31.0 Å². The number of hydrogen-bond acceptors (Lipinski definition) is 3. The van der Waals surface area contributed by atoms with Gasteiger partial charge < -0.3 is 4.74 Å². The van der Waals surface area contributed by atoms with Gasteiger partial charge in [0.05, 0.1) is 7.11 Å². The molecule has 0 bridgehead atoms. The third-order valence-corrected chi connectivity index (χ3v) is 4.30. The van der Waals surface area contributed by atoms with E-state index in [9.17, 15) is 9.59 Å². The molecule has 1 atom stereocenters. The minimum atomic E-state index is -0.804. The molecular weight excluding hydrogens is 276 g/mol. The number of ether oxygens (including phenoxy) is 1. The van der Waals surface area contributed by atoms with E-state index in [0.717, 1.165) is 5.56 Å². The van der Waals surface area contributed by atoms with Crippen LogP contribution in [-0.2, 0) is 9.59 Å². The van der Waals surface area contributed by atoms with Crippen LogP contribution in [0.4, 0.5) is 0 Å². The number of benzene rings is 1. The predicted octanol–water partition coefficient (Wildman–Crippen LogP) is 3.70. The summed E-state index contributed by atoms with van der Waals surface area (Å²) in [7, 11) is 1.53. The largest absolute Gasteiger partial charge is 0.496 e. The van der Waals surface area contributed by atoms with Gasteiger partial charge in [0, 0.05) is 22.4 Å². The number of aryl methyl sites for hydroxylation is 1. The highest BCUT2D eigenvalue weighted by atomic mass is 35.5. The lowest BCUT2D eigenvalue weighted by molar-refractivity contribution is -0.139. The predicted molar refractivity (Wildman–Crippen MR) is 78.5 cm³/mol. The average molecular weight is 295 g/mol. The Balaban J connectivity index is 2.60. The zero-order valence-electron chi connectivity index (χ0n) is 12.2. The highest BCUT2D eigenvalue weighted by molar-refractivity contribution is 6.32. The Morgan fingerprint density at radius 3 is 2.55 bits per heavy atom. The number of ketones is 2. The zero-order valence-corrected chi connectivity index (χ0v) is 13.0. The van der Waals surface area contributed by atoms with Crippen molar-refractivity contribution in [1.29, 1.82) is 0 Å². The second kappa shape index (κ2) is 5.21. The fourth-order valence-corrected chi connectivity index (χ4v) is 3.08. The molecule has 3 nitrogen and oxygen atoms in total. The molecule has 0 aromatic heterocycles. The van der Waals surface area contributed by atoms with Crippen LogP contribution in [0.2, 0.25) is 5.02 Å². The average Bonchev–Trinajstić information content (AvgIpc) is 2.36. The summed E-state index contributed by atoms with van der Waals surface area (Å²) in [4.78, 5) is 24.9. The van der Waals surface area contributed by atoms with Crippen LogP contribution in [-0.4, -0.2) is 18.7 Å². The van der Waals surface area contributed by atoms with Gasteiger partial charge in [0.25, 0.3) is 0 Å². The molecule has 0 amide bonds. The fraction of sp³-hybridized carbons (Fsp3) is 0.500. The monoisotopic (exact) mass is 294 g/mol. The molecule has 1 aliphatic rings. The molecule has 1 aromatic carbocycles. The molecule has 0 saturated heterocycles. The van der Waals surface area contributed by atoms with Crippen LogP contribution in [0.5, 0.6) is 5.75 Å². The standard InChI is InChI=1S/C16H19ClO3/c1-9-7-10(17)13(12(8-9)20-4)14-11(18)5-6-16(2,3)15(14)19/h7-8,14H,5-6H2,1-4H3. The van der Waals surface area contributed by atoms with Crippen molar-refractivity contribution in [2.24, 2.45) is 5.41 Å². The molecular formula is C16H19ClO3. The van der Waals surface area contributed by atoms with Gasteiger partial charge in [0.15, 0.2) is 5.78 Å². The molecule has 0 spiro atoms. The first-order chi connectivity index (χ1) is 9.27. The number of hydrogen-bond donors (Lipinski definition) is 0. The van der Waals surface area contributed by atoms with Gasteiger partial charge in [0.2, 0.25) is 0 Å². The van der Waals surface area contributed by atoms with Crippen molar-refractivity contribution in [1.82, 2.24) is 0 Å². The number of carbonyl (C=O) groups is 2. The number of Topliss-reactive ketones (excluding diaryl/α,β-unsaturated/α-hetero) is 2. The molecule has 0 heterocycles. The summed E-state index contributed by atoms with van der Waals surface area (Å²) in [6.07, 6.45) is 0.990. The van der Waals surface area contributed by atoms with Crippen molar-refractivity contribution in [3.63, 3.8) is 0 Å². The van der Waals surface area contributed by atoms with Gasteiger partial charge in [-0.25, -0.2) is 0 Å². The van der Waals surface area contributed by atoms with E-state index >= 15 is 0 Å². The molecule has 1 aliphatic carbocycles. The van der Waals surface area contributed by atoms with E-state index < -0.39 is 11.3 Å². The van der Waals surface area contributed by atoms with Crippen LogP contribution in [0, 0.1) is 12.3 Å². The maximum absolute atomic E-state index is 12.6. The Kier molecular flexibility index (Phi) is 3.92. The van der Waals surface area contributed by atoms with Crippen molar-refractivity contribution in [2.45, 2.75) is 39.5 Å². The van der Waals surface area contributed by atoms with E-state index in [4.69, 9.17) is 16.3 Å². The van der Waals surface area contributed by atoms with Gasteiger partial charge in [-0.2, -0.15) is 0 Å². The summed E-state index contributed by atoms with van der Waals surface area (Å²) in [5.41, 5.74) is 0.950. The topological polar surface area (TPSA) is 43.4 Å². The summed E-state index contributed by atoms with van der Waals surface area (Å²) in [6, 6.07) is 3.57. The number of carbonyl (C=O) groups excluding carboxylic acids is 2. The molecule has 0 radical (unpaired) electrons. The molecule has 20 heavy (non-hydrogen) atoms. The van der Waals surface area contributed by atoms with Crippen molar-refractivity contribution in [3.8, 4) is 5.75 Å². The maximum Gasteiger partial charge on any atom is 0.153 e. The molecule has 1 saturated carbocycles. The Hall–Kier alpha value is -1.35. The number of rotatable bonds is 2. The second-order valence-electron chi connectivity index (χ2n) is 6.01. The first-order valence-electron chi connectivity index (χ1n) is 6.69. The molecule has 4 heteroatoms. The highest BCUT2D eigenvalue weighted by Gasteiger charge is 2.44. The summed E-state index contributed by atoms with van der Waals surface area (Å²) in [5, 5.41) is 0.422. The Labute approximate surface area is 124 Å². The van der Waals surface area contributed by atoms with Crippen LogP contribution < -0.4 is 4.74 Å². The maximum atomic E-state index is 12.6. The minimum absolute atomic E-state index is 0.0709. The van der Waals surface area contributed by atoms with Gasteiger partial charge in [-0.15, -0.1) is 0 Å². The lowest BCUT2D eigenvalue weighted by Crippen LogP contribution is -2.39. The third kappa shape index (κ3) is 2.47. The molecule has 1 fully saturated rings. The summed E-state index contributed by atoms with van der Waals surface area (Å²) >= 11 is 6.29. The van der Waals surface area contributed by atoms with E-state index in [-0.39, 0.29) is 11.6 Å². The lowest BCUT2D eigenvalue weighted by atomic mass is 9.68. The van der Waals surface area contributed by atoms with E-state index in [1.165, 1.54) is 7.11 Å². The first kappa shape index (κ1) is 15.0. The molecule has 108 valence electrons. The van der Waals surface area contributed by atoms with E-state index in [2.05, 4.69) is 0 Å². The molecule has 1 unspecified atom stereocenters. The first-order valence-corrected chi connectivity index (χ1v) is 7.07. The van der Waals surface area contributed by atoms with Crippen LogP contribution in [0.25, 0.3) is 0 Å². The fourth-order valence-electron chi connectivity index (χ4n) is 2.70. The summed E-state index contributed by atoms with van der Waals surface area (Å²) in [6.45, 7) is 5.65. The molecule has 0 aliphatic heterocycles. The van der Waals surface area contributed by atoms with Gasteiger partial charge in [-0.3, -0.25) is 9.59 Å². The number of halogens is 1. The lowest BCUT2D eigenvalue weighted by Gasteiger charge is -2.33.